The van der Waals surface area contributed by atoms with Crippen molar-refractivity contribution < 1.29 is 9.53 Å². The average Bonchev–Trinajstić information content (AvgIpc) is 3.29. The number of carbonyl (C=O) groups is 1. The van der Waals surface area contributed by atoms with Crippen molar-refractivity contribution in [1.82, 2.24) is 20.0 Å². The van der Waals surface area contributed by atoms with Crippen molar-refractivity contribution >= 4 is 11.7 Å². The zero-order valence-electron chi connectivity index (χ0n) is 16.6. The number of para-hydroxylation sites is 1. The Morgan fingerprint density at radius 1 is 1.29 bits per heavy atom. The number of methoxy groups -OCH3 is 1. The highest BCUT2D eigenvalue weighted by atomic mass is 16.5. The lowest BCUT2D eigenvalue weighted by molar-refractivity contribution is -0.116. The minimum Gasteiger partial charge on any atom is -0.496 e. The topological polar surface area (TPSA) is 84.8 Å². The summed E-state index contributed by atoms with van der Waals surface area (Å²) in [6, 6.07) is 9.88. The number of nitrogens with one attached hydrogen (secondary N) is 2. The molecule has 0 radical (unpaired) electrons. The number of ether oxygens (including phenoxy) is 1. The fraction of sp³-hybridized carbons (Fsp3) is 0.381. The number of H-pyrrole nitrogens is 1. The van der Waals surface area contributed by atoms with Gasteiger partial charge in [-0.3, -0.25) is 9.89 Å². The molecule has 0 unspecified atom stereocenters. The summed E-state index contributed by atoms with van der Waals surface area (Å²) in [5.41, 5.74) is 3.87. The smallest absolute Gasteiger partial charge is 0.226 e. The zero-order valence-corrected chi connectivity index (χ0v) is 16.6. The molecule has 0 fully saturated rings. The predicted octanol–water partition coefficient (Wildman–Crippen LogP) is 3.43. The molecule has 0 bridgehead atoms. The van der Waals surface area contributed by atoms with E-state index in [0.717, 1.165) is 34.1 Å². The number of rotatable bonds is 4. The number of nitrogens with zero attached hydrogens (tertiary/aromatic N) is 3. The summed E-state index contributed by atoms with van der Waals surface area (Å²) in [6.07, 6.45) is 2.21. The van der Waals surface area contributed by atoms with Crippen molar-refractivity contribution in [3.05, 3.63) is 59.0 Å². The van der Waals surface area contributed by atoms with Crippen molar-refractivity contribution in [3.63, 3.8) is 0 Å². The van der Waals surface area contributed by atoms with E-state index >= 15 is 0 Å². The van der Waals surface area contributed by atoms with Crippen molar-refractivity contribution in [1.29, 1.82) is 0 Å². The first-order chi connectivity index (χ1) is 13.4. The zero-order chi connectivity index (χ0) is 19.9. The van der Waals surface area contributed by atoms with E-state index in [2.05, 4.69) is 47.5 Å². The van der Waals surface area contributed by atoms with Crippen LogP contribution in [-0.4, -0.2) is 33.0 Å². The van der Waals surface area contributed by atoms with Crippen LogP contribution in [0.15, 0.2) is 36.5 Å². The van der Waals surface area contributed by atoms with E-state index in [1.165, 1.54) is 0 Å². The molecule has 2 N–H and O–H groups in total. The van der Waals surface area contributed by atoms with Crippen LogP contribution in [0, 0.1) is 0 Å². The first kappa shape index (κ1) is 18.3. The fourth-order valence-electron chi connectivity index (χ4n) is 3.56. The third kappa shape index (κ3) is 3.28. The predicted molar refractivity (Wildman–Crippen MR) is 107 cm³/mol. The number of aromatic amines is 1. The molecule has 0 saturated carbocycles. The fourth-order valence-corrected chi connectivity index (χ4v) is 3.56. The third-order valence-corrected chi connectivity index (χ3v) is 5.14. The van der Waals surface area contributed by atoms with Gasteiger partial charge in [-0.2, -0.15) is 10.2 Å². The summed E-state index contributed by atoms with van der Waals surface area (Å²) in [5, 5.41) is 15.1. The van der Waals surface area contributed by atoms with Crippen LogP contribution in [-0.2, 0) is 16.8 Å². The van der Waals surface area contributed by atoms with Crippen molar-refractivity contribution in [2.45, 2.75) is 45.1 Å². The van der Waals surface area contributed by atoms with Gasteiger partial charge < -0.3 is 10.1 Å². The molecule has 28 heavy (non-hydrogen) atoms. The SMILES string of the molecule is COc1ccccc1Cn1ncc2c1NC(=O)C[C@@H]2c1cc(C(C)(C)C)n[nH]1. The second-order valence-electron chi connectivity index (χ2n) is 8.18. The number of aromatic nitrogens is 4. The van der Waals surface area contributed by atoms with Gasteiger partial charge >= 0.3 is 0 Å². The van der Waals surface area contributed by atoms with Crippen LogP contribution >= 0.6 is 0 Å². The molecule has 3 aromatic rings. The number of fused-ring (bicyclic) bond motifs is 1. The standard InChI is InChI=1S/C21H25N5O2/c1-21(2,3)18-10-16(24-25-18)14-9-19(27)23-20-15(14)11-22-26(20)12-13-7-5-6-8-17(13)28-4/h5-8,10-11,14H,9,12H2,1-4H3,(H,23,27)(H,24,25)/t14-/m0/s1. The van der Waals surface area contributed by atoms with Crippen molar-refractivity contribution in [2.75, 3.05) is 12.4 Å². The van der Waals surface area contributed by atoms with Gasteiger partial charge in [-0.1, -0.05) is 39.0 Å². The van der Waals surface area contributed by atoms with E-state index in [1.807, 2.05) is 35.1 Å². The van der Waals surface area contributed by atoms with Gasteiger partial charge in [0.2, 0.25) is 5.91 Å². The molecule has 7 nitrogen and oxygen atoms in total. The van der Waals surface area contributed by atoms with E-state index in [1.54, 1.807) is 7.11 Å². The van der Waals surface area contributed by atoms with Crippen LogP contribution in [0.1, 0.15) is 55.6 Å². The van der Waals surface area contributed by atoms with Crippen LogP contribution in [0.3, 0.4) is 0 Å². The third-order valence-electron chi connectivity index (χ3n) is 5.14. The van der Waals surface area contributed by atoms with E-state index in [9.17, 15) is 4.79 Å². The van der Waals surface area contributed by atoms with Gasteiger partial charge in [0.15, 0.2) is 0 Å². The summed E-state index contributed by atoms with van der Waals surface area (Å²) in [5.74, 6) is 1.43. The van der Waals surface area contributed by atoms with E-state index in [-0.39, 0.29) is 17.2 Å². The van der Waals surface area contributed by atoms with Crippen LogP contribution < -0.4 is 10.1 Å². The number of amides is 1. The largest absolute Gasteiger partial charge is 0.496 e. The number of hydrogen-bond donors (Lipinski definition) is 2. The second-order valence-corrected chi connectivity index (χ2v) is 8.18. The van der Waals surface area contributed by atoms with Gasteiger partial charge in [0.05, 0.1) is 25.5 Å². The van der Waals surface area contributed by atoms with Gasteiger partial charge in [0.25, 0.3) is 0 Å². The quantitative estimate of drug-likeness (QED) is 0.727. The molecular weight excluding hydrogens is 354 g/mol. The van der Waals surface area contributed by atoms with Gasteiger partial charge in [0.1, 0.15) is 11.6 Å². The molecule has 7 heteroatoms. The maximum atomic E-state index is 12.4. The highest BCUT2D eigenvalue weighted by molar-refractivity contribution is 5.94. The van der Waals surface area contributed by atoms with Gasteiger partial charge in [0, 0.05) is 34.6 Å². The number of benzene rings is 1. The molecule has 2 aromatic heterocycles. The van der Waals surface area contributed by atoms with Crippen LogP contribution in [0.5, 0.6) is 5.75 Å². The minimum absolute atomic E-state index is 0.0221. The first-order valence-corrected chi connectivity index (χ1v) is 9.40. The maximum Gasteiger partial charge on any atom is 0.226 e. The molecule has 0 spiro atoms. The molecule has 0 saturated heterocycles. The molecule has 0 aliphatic carbocycles. The molecule has 1 aliphatic rings. The molecular formula is C21H25N5O2. The molecule has 1 atom stereocenters. The minimum atomic E-state index is -0.0845. The van der Waals surface area contributed by atoms with Gasteiger partial charge in [-0.25, -0.2) is 4.68 Å². The van der Waals surface area contributed by atoms with Crippen molar-refractivity contribution in [2.24, 2.45) is 0 Å². The van der Waals surface area contributed by atoms with E-state index in [0.29, 0.717) is 13.0 Å². The van der Waals surface area contributed by atoms with Crippen LogP contribution in [0.4, 0.5) is 5.82 Å². The van der Waals surface area contributed by atoms with E-state index < -0.39 is 0 Å². The summed E-state index contributed by atoms with van der Waals surface area (Å²) < 4.78 is 7.26. The second kappa shape index (κ2) is 6.82. The summed E-state index contributed by atoms with van der Waals surface area (Å²) in [6.45, 7) is 6.88. The maximum absolute atomic E-state index is 12.4. The van der Waals surface area contributed by atoms with Crippen LogP contribution in [0.2, 0.25) is 0 Å². The van der Waals surface area contributed by atoms with Gasteiger partial charge in [-0.15, -0.1) is 0 Å². The summed E-state index contributed by atoms with van der Waals surface area (Å²) in [7, 11) is 1.65. The molecule has 1 aromatic carbocycles. The lowest BCUT2D eigenvalue weighted by atomic mass is 9.88. The highest BCUT2D eigenvalue weighted by Crippen LogP contribution is 2.37. The number of hydrogen-bond acceptors (Lipinski definition) is 4. The Bertz CT molecular complexity index is 1010. The Hall–Kier alpha value is -3.09. The normalized spacial score (nSPS) is 16.6. The molecule has 3 heterocycles. The highest BCUT2D eigenvalue weighted by Gasteiger charge is 2.32. The monoisotopic (exact) mass is 379 g/mol. The lowest BCUT2D eigenvalue weighted by Crippen LogP contribution is -2.25. The summed E-state index contributed by atoms with van der Waals surface area (Å²) in [4.78, 5) is 12.4. The Kier molecular flexibility index (Phi) is 4.45. The Balaban J connectivity index is 1.69. The molecule has 1 amide bonds. The summed E-state index contributed by atoms with van der Waals surface area (Å²) >= 11 is 0. The molecule has 1 aliphatic heterocycles. The lowest BCUT2D eigenvalue weighted by Gasteiger charge is -2.22. The number of carbonyl (C=O) groups excluding carboxylic acids is 1. The average molecular weight is 379 g/mol. The molecule has 4 rings (SSSR count). The van der Waals surface area contributed by atoms with E-state index in [4.69, 9.17) is 4.74 Å². The van der Waals surface area contributed by atoms with Gasteiger partial charge in [-0.05, 0) is 12.1 Å². The number of anilines is 1. The van der Waals surface area contributed by atoms with Crippen LogP contribution in [0.25, 0.3) is 0 Å². The molecule has 146 valence electrons. The Morgan fingerprint density at radius 2 is 2.07 bits per heavy atom. The Morgan fingerprint density at radius 3 is 2.79 bits per heavy atom. The Labute approximate surface area is 164 Å². The first-order valence-electron chi connectivity index (χ1n) is 9.40. The van der Waals surface area contributed by atoms with Crippen molar-refractivity contribution in [3.8, 4) is 5.75 Å².